The quantitative estimate of drug-likeness (QED) is 0.153. The lowest BCUT2D eigenvalue weighted by atomic mass is 10.0. The Morgan fingerprint density at radius 3 is 2.35 bits per heavy atom. The maximum absolute atomic E-state index is 13.4. The highest BCUT2D eigenvalue weighted by Crippen LogP contribution is 2.39. The SMILES string of the molecule is COc1ccc(-c2cccc(NC(=O)N3C(=O)OC[C@H]3c3ccccc3)c2)cc1Nc1ncnc2cc(OC)c(OC3CN(C(=O)OC(C)(C)C)C3)cc12. The van der Waals surface area contributed by atoms with Crippen LogP contribution in [0, 0.1) is 0 Å². The van der Waals surface area contributed by atoms with Gasteiger partial charge in [0.2, 0.25) is 0 Å². The topological polar surface area (TPSA) is 154 Å². The van der Waals surface area contributed by atoms with E-state index in [-0.39, 0.29) is 18.8 Å². The van der Waals surface area contributed by atoms with Gasteiger partial charge in [-0.2, -0.15) is 0 Å². The van der Waals surface area contributed by atoms with Gasteiger partial charge in [0, 0.05) is 17.1 Å². The van der Waals surface area contributed by atoms with Gasteiger partial charge in [-0.05, 0) is 67.8 Å². The Morgan fingerprint density at radius 1 is 0.852 bits per heavy atom. The van der Waals surface area contributed by atoms with Crippen molar-refractivity contribution in [3.05, 3.63) is 96.8 Å². The molecule has 0 radical (unpaired) electrons. The molecule has 14 nitrogen and oxygen atoms in total. The normalized spacial score (nSPS) is 15.6. The van der Waals surface area contributed by atoms with Crippen molar-refractivity contribution in [3.8, 4) is 28.4 Å². The number of nitrogens with zero attached hydrogens (tertiary/aromatic N) is 4. The molecule has 0 bridgehead atoms. The third-order valence-electron chi connectivity index (χ3n) is 8.89. The lowest BCUT2D eigenvalue weighted by Gasteiger charge is -2.39. The van der Waals surface area contributed by atoms with E-state index in [0.29, 0.717) is 58.4 Å². The number of benzene rings is 4. The number of cyclic esters (lactones) is 1. The number of urea groups is 1. The van der Waals surface area contributed by atoms with Gasteiger partial charge in [-0.25, -0.2) is 29.3 Å². The van der Waals surface area contributed by atoms with Gasteiger partial charge in [0.1, 0.15) is 42.2 Å². The maximum atomic E-state index is 13.4. The fourth-order valence-electron chi connectivity index (χ4n) is 6.22. The molecule has 2 saturated heterocycles. The Balaban J connectivity index is 1.11. The third kappa shape index (κ3) is 7.63. The van der Waals surface area contributed by atoms with Crippen LogP contribution in [0.1, 0.15) is 32.4 Å². The Bertz CT molecular complexity index is 2200. The average molecular weight is 733 g/mol. The summed E-state index contributed by atoms with van der Waals surface area (Å²) in [6, 6.07) is 24.7. The molecule has 1 atom stereocenters. The molecule has 7 rings (SSSR count). The Morgan fingerprint density at radius 2 is 1.61 bits per heavy atom. The number of amides is 4. The summed E-state index contributed by atoms with van der Waals surface area (Å²) in [5.74, 6) is 2.04. The number of carbonyl (C=O) groups excluding carboxylic acids is 3. The van der Waals surface area contributed by atoms with Crippen LogP contribution in [0.3, 0.4) is 0 Å². The number of imide groups is 1. The first-order valence-electron chi connectivity index (χ1n) is 17.3. The van der Waals surface area contributed by atoms with Crippen molar-refractivity contribution in [2.45, 2.75) is 38.5 Å². The van der Waals surface area contributed by atoms with Gasteiger partial charge >= 0.3 is 18.2 Å². The molecule has 14 heteroatoms. The van der Waals surface area contributed by atoms with Crippen LogP contribution in [0.15, 0.2) is 91.3 Å². The molecule has 3 heterocycles. The number of hydrogen-bond acceptors (Lipinski definition) is 11. The van der Waals surface area contributed by atoms with E-state index in [4.69, 9.17) is 23.7 Å². The number of methoxy groups -OCH3 is 2. The summed E-state index contributed by atoms with van der Waals surface area (Å²) in [4.78, 5) is 50.1. The number of anilines is 3. The molecule has 4 aromatic carbocycles. The fourth-order valence-corrected chi connectivity index (χ4v) is 6.22. The summed E-state index contributed by atoms with van der Waals surface area (Å²) in [5, 5.41) is 6.93. The van der Waals surface area contributed by atoms with Gasteiger partial charge in [-0.1, -0.05) is 48.5 Å². The number of rotatable bonds is 9. The number of fused-ring (bicyclic) bond motifs is 1. The van der Waals surface area contributed by atoms with E-state index in [9.17, 15) is 14.4 Å². The Kier molecular flexibility index (Phi) is 9.83. The van der Waals surface area contributed by atoms with Gasteiger partial charge in [0.15, 0.2) is 11.5 Å². The van der Waals surface area contributed by atoms with Crippen LogP contribution in [0.4, 0.5) is 31.6 Å². The van der Waals surface area contributed by atoms with Crippen molar-refractivity contribution < 1.29 is 38.1 Å². The highest BCUT2D eigenvalue weighted by Gasteiger charge is 2.39. The fraction of sp³-hybridized carbons (Fsp3) is 0.275. The number of carbonyl (C=O) groups is 3. The van der Waals surface area contributed by atoms with Crippen LogP contribution in [0.5, 0.6) is 17.2 Å². The summed E-state index contributed by atoms with van der Waals surface area (Å²) in [6.45, 7) is 6.32. The van der Waals surface area contributed by atoms with Crippen LogP contribution >= 0.6 is 0 Å². The van der Waals surface area contributed by atoms with Crippen molar-refractivity contribution in [3.63, 3.8) is 0 Å². The number of likely N-dealkylation sites (tertiary alicyclic amines) is 1. The molecule has 2 N–H and O–H groups in total. The molecule has 2 fully saturated rings. The molecule has 1 aromatic heterocycles. The van der Waals surface area contributed by atoms with Gasteiger partial charge in [0.05, 0.1) is 38.5 Å². The van der Waals surface area contributed by atoms with Crippen molar-refractivity contribution in [2.24, 2.45) is 0 Å². The molecular weight excluding hydrogens is 692 g/mol. The monoisotopic (exact) mass is 732 g/mol. The number of ether oxygens (including phenoxy) is 5. The second-order valence-corrected chi connectivity index (χ2v) is 13.8. The van der Waals surface area contributed by atoms with Crippen molar-refractivity contribution >= 4 is 46.3 Å². The first kappa shape index (κ1) is 35.8. The number of aromatic nitrogens is 2. The van der Waals surface area contributed by atoms with Crippen molar-refractivity contribution in [1.29, 1.82) is 0 Å². The molecule has 0 unspecified atom stereocenters. The second-order valence-electron chi connectivity index (χ2n) is 13.8. The molecule has 0 aliphatic carbocycles. The Labute approximate surface area is 311 Å². The first-order chi connectivity index (χ1) is 26.0. The molecular formula is C40H40N6O8. The molecule has 5 aromatic rings. The summed E-state index contributed by atoms with van der Waals surface area (Å²) in [7, 11) is 3.14. The van der Waals surface area contributed by atoms with Crippen molar-refractivity contribution in [2.75, 3.05) is 44.5 Å². The van der Waals surface area contributed by atoms with E-state index < -0.39 is 23.8 Å². The van der Waals surface area contributed by atoms with Crippen LogP contribution in [-0.2, 0) is 9.47 Å². The van der Waals surface area contributed by atoms with E-state index in [2.05, 4.69) is 20.6 Å². The minimum Gasteiger partial charge on any atom is -0.495 e. The third-order valence-corrected chi connectivity index (χ3v) is 8.89. The second kappa shape index (κ2) is 14.8. The standard InChI is InChI=1S/C40H40N6O8/c1-40(2,3)54-38(48)45-20-28(21-45)53-35-18-29-30(19-34(35)51-5)41-23-42-36(29)44-31-17-26(14-15-33(31)50-4)25-12-9-13-27(16-25)43-37(47)46-32(22-52-39(46)49)24-10-7-6-8-11-24/h6-19,23,28,32H,20-22H2,1-5H3,(H,43,47)(H,41,42,44)/t32-/m0/s1. The van der Waals surface area contributed by atoms with Crippen LogP contribution < -0.4 is 24.8 Å². The van der Waals surface area contributed by atoms with Gasteiger partial charge in [0.25, 0.3) is 0 Å². The van der Waals surface area contributed by atoms with E-state index in [1.165, 1.54) is 6.33 Å². The van der Waals surface area contributed by atoms with E-state index in [1.54, 1.807) is 31.3 Å². The highest BCUT2D eigenvalue weighted by atomic mass is 16.6. The Hall–Kier alpha value is -6.57. The average Bonchev–Trinajstić information content (AvgIpc) is 3.53. The highest BCUT2D eigenvalue weighted by molar-refractivity contribution is 6.01. The maximum Gasteiger partial charge on any atom is 0.418 e. The summed E-state index contributed by atoms with van der Waals surface area (Å²) >= 11 is 0. The van der Waals surface area contributed by atoms with Gasteiger partial charge in [-0.3, -0.25) is 0 Å². The van der Waals surface area contributed by atoms with Crippen LogP contribution in [-0.4, -0.2) is 83.6 Å². The zero-order valence-corrected chi connectivity index (χ0v) is 30.5. The molecule has 2 aliphatic heterocycles. The molecule has 2 aliphatic rings. The summed E-state index contributed by atoms with van der Waals surface area (Å²) in [5.41, 5.74) is 3.58. The summed E-state index contributed by atoms with van der Waals surface area (Å²) < 4.78 is 28.3. The predicted octanol–water partition coefficient (Wildman–Crippen LogP) is 7.78. The lowest BCUT2D eigenvalue weighted by molar-refractivity contribution is -0.0225. The first-order valence-corrected chi connectivity index (χ1v) is 17.3. The smallest absolute Gasteiger partial charge is 0.418 e. The minimum atomic E-state index is -0.703. The van der Waals surface area contributed by atoms with Gasteiger partial charge in [-0.15, -0.1) is 0 Å². The largest absolute Gasteiger partial charge is 0.495 e. The molecule has 0 spiro atoms. The number of hydrogen-bond donors (Lipinski definition) is 2. The summed E-state index contributed by atoms with van der Waals surface area (Å²) in [6.07, 6.45) is 0.115. The van der Waals surface area contributed by atoms with Crippen LogP contribution in [0.25, 0.3) is 22.0 Å². The number of nitrogens with one attached hydrogen (secondary N) is 2. The van der Waals surface area contributed by atoms with E-state index in [1.807, 2.05) is 93.6 Å². The molecule has 54 heavy (non-hydrogen) atoms. The van der Waals surface area contributed by atoms with Crippen LogP contribution in [0.2, 0.25) is 0 Å². The van der Waals surface area contributed by atoms with E-state index >= 15 is 0 Å². The van der Waals surface area contributed by atoms with Gasteiger partial charge < -0.3 is 39.2 Å². The van der Waals surface area contributed by atoms with E-state index in [0.717, 1.165) is 21.6 Å². The molecule has 4 amide bonds. The van der Waals surface area contributed by atoms with Crippen molar-refractivity contribution in [1.82, 2.24) is 19.8 Å². The zero-order chi connectivity index (χ0) is 38.0. The minimum absolute atomic E-state index is 0.0799. The predicted molar refractivity (Wildman–Crippen MR) is 201 cm³/mol. The molecule has 0 saturated carbocycles. The zero-order valence-electron chi connectivity index (χ0n) is 30.5. The molecule has 278 valence electrons. The lowest BCUT2D eigenvalue weighted by Crippen LogP contribution is -2.57.